The first-order valence-electron chi connectivity index (χ1n) is 5.90. The Bertz CT molecular complexity index is 648. The summed E-state index contributed by atoms with van der Waals surface area (Å²) in [6.45, 7) is 3.13. The molecule has 3 rings (SSSR count). The van der Waals surface area contributed by atoms with Gasteiger partial charge in [0, 0.05) is 6.54 Å². The van der Waals surface area contributed by atoms with E-state index in [4.69, 9.17) is 0 Å². The third kappa shape index (κ3) is 2.01. The molecule has 2 aromatic rings. The Labute approximate surface area is 108 Å². The zero-order valence-electron chi connectivity index (χ0n) is 10.3. The summed E-state index contributed by atoms with van der Waals surface area (Å²) in [5.74, 6) is 1.49. The number of hydrogen-bond donors (Lipinski definition) is 0. The Morgan fingerprint density at radius 1 is 1.37 bits per heavy atom. The third-order valence-corrected chi connectivity index (χ3v) is 2.89. The van der Waals surface area contributed by atoms with Crippen LogP contribution < -0.4 is 0 Å². The minimum Gasteiger partial charge on any atom is -0.306 e. The van der Waals surface area contributed by atoms with Crippen LogP contribution in [-0.4, -0.2) is 26.3 Å². The molecule has 0 amide bonds. The van der Waals surface area contributed by atoms with Crippen LogP contribution in [0.2, 0.25) is 0 Å². The van der Waals surface area contributed by atoms with E-state index in [-0.39, 0.29) is 11.9 Å². The van der Waals surface area contributed by atoms with E-state index in [1.165, 1.54) is 0 Å². The summed E-state index contributed by atoms with van der Waals surface area (Å²) < 4.78 is 1.93. The minimum atomic E-state index is -0.129. The highest BCUT2D eigenvalue weighted by molar-refractivity contribution is 5.52. The van der Waals surface area contributed by atoms with Crippen molar-refractivity contribution < 1.29 is 0 Å². The van der Waals surface area contributed by atoms with Crippen molar-refractivity contribution in [3.05, 3.63) is 28.9 Å². The quantitative estimate of drug-likeness (QED) is 0.770. The van der Waals surface area contributed by atoms with Crippen LogP contribution in [0.25, 0.3) is 11.5 Å². The molecular formula is C11H11N7O. The maximum absolute atomic E-state index is 10.5. The molecule has 1 atom stereocenters. The van der Waals surface area contributed by atoms with Crippen LogP contribution in [0, 0.1) is 4.91 Å². The van der Waals surface area contributed by atoms with E-state index < -0.39 is 0 Å². The fraction of sp³-hybridized carbons (Fsp3) is 0.364. The van der Waals surface area contributed by atoms with Gasteiger partial charge in [0.2, 0.25) is 0 Å². The smallest absolute Gasteiger partial charge is 0.197 e. The number of rotatable bonds is 2. The summed E-state index contributed by atoms with van der Waals surface area (Å²) in [6, 6.07) is 4.91. The summed E-state index contributed by atoms with van der Waals surface area (Å²) in [5, 5.41) is 19.3. The fourth-order valence-corrected chi connectivity index (χ4v) is 2.01. The molecule has 0 saturated heterocycles. The maximum atomic E-state index is 10.5. The molecule has 0 fully saturated rings. The van der Waals surface area contributed by atoms with Gasteiger partial charge in [-0.2, -0.15) is 10.2 Å². The Morgan fingerprint density at radius 3 is 3.11 bits per heavy atom. The molecule has 0 aliphatic carbocycles. The molecule has 2 aromatic heterocycles. The van der Waals surface area contributed by atoms with Crippen molar-refractivity contribution in [2.24, 2.45) is 15.4 Å². The molecule has 96 valence electrons. The molecule has 0 aromatic carbocycles. The number of nitroso groups, excluding NO2 is 1. The van der Waals surface area contributed by atoms with E-state index in [1.54, 1.807) is 18.2 Å². The lowest BCUT2D eigenvalue weighted by atomic mass is 10.3. The van der Waals surface area contributed by atoms with Crippen LogP contribution in [0.3, 0.4) is 0 Å². The molecular weight excluding hydrogens is 246 g/mol. The van der Waals surface area contributed by atoms with Crippen molar-refractivity contribution >= 4 is 5.82 Å². The van der Waals surface area contributed by atoms with Crippen molar-refractivity contribution in [1.29, 1.82) is 0 Å². The Hall–Kier alpha value is -2.51. The molecule has 0 spiro atoms. The summed E-state index contributed by atoms with van der Waals surface area (Å²) in [5.41, 5.74) is 0.574. The van der Waals surface area contributed by atoms with E-state index >= 15 is 0 Å². The number of hydrogen-bond acceptors (Lipinski definition) is 7. The molecule has 0 N–H and O–H groups in total. The summed E-state index contributed by atoms with van der Waals surface area (Å²) in [6.07, 6.45) is 0. The van der Waals surface area contributed by atoms with Crippen LogP contribution in [0.4, 0.5) is 5.82 Å². The van der Waals surface area contributed by atoms with Gasteiger partial charge >= 0.3 is 0 Å². The molecule has 19 heavy (non-hydrogen) atoms. The van der Waals surface area contributed by atoms with E-state index in [0.29, 0.717) is 24.6 Å². The first-order chi connectivity index (χ1) is 9.29. The van der Waals surface area contributed by atoms with Crippen molar-refractivity contribution in [3.8, 4) is 11.5 Å². The SMILES string of the molecule is C[C@H]1N=NCCn2c(-c3cccc(N=O)n3)nnc21. The third-order valence-electron chi connectivity index (χ3n) is 2.89. The highest BCUT2D eigenvalue weighted by Crippen LogP contribution is 2.24. The molecule has 3 heterocycles. The lowest BCUT2D eigenvalue weighted by Gasteiger charge is -2.07. The number of fused-ring (bicyclic) bond motifs is 1. The zero-order chi connectivity index (χ0) is 13.2. The van der Waals surface area contributed by atoms with Gasteiger partial charge in [-0.25, -0.2) is 4.98 Å². The molecule has 0 saturated carbocycles. The van der Waals surface area contributed by atoms with Crippen molar-refractivity contribution in [3.63, 3.8) is 0 Å². The number of pyridine rings is 1. The van der Waals surface area contributed by atoms with Gasteiger partial charge in [-0.15, -0.1) is 15.1 Å². The lowest BCUT2D eigenvalue weighted by Crippen LogP contribution is -2.07. The first kappa shape index (κ1) is 11.6. The standard InChI is InChI=1S/C11H11N7O/c1-7-10-15-16-11(18(10)6-5-12-14-7)8-3-2-4-9(13-8)17-19/h2-4,7H,5-6H2,1H3/t7-/m1/s1. The molecule has 0 unspecified atom stereocenters. The molecule has 0 bridgehead atoms. The minimum absolute atomic E-state index is 0.129. The average molecular weight is 257 g/mol. The molecule has 1 aliphatic heterocycles. The molecule has 0 radical (unpaired) electrons. The average Bonchev–Trinajstić information content (AvgIpc) is 2.79. The second kappa shape index (κ2) is 4.63. The van der Waals surface area contributed by atoms with E-state index in [9.17, 15) is 4.91 Å². The summed E-state index contributed by atoms with van der Waals surface area (Å²) in [4.78, 5) is 14.7. The number of nitrogens with zero attached hydrogens (tertiary/aromatic N) is 7. The fourth-order valence-electron chi connectivity index (χ4n) is 2.01. The van der Waals surface area contributed by atoms with Gasteiger partial charge in [0.15, 0.2) is 17.5 Å². The van der Waals surface area contributed by atoms with Crippen LogP contribution in [-0.2, 0) is 6.54 Å². The van der Waals surface area contributed by atoms with Crippen LogP contribution in [0.5, 0.6) is 0 Å². The Balaban J connectivity index is 2.09. The Morgan fingerprint density at radius 2 is 2.26 bits per heavy atom. The van der Waals surface area contributed by atoms with Crippen LogP contribution >= 0.6 is 0 Å². The van der Waals surface area contributed by atoms with Gasteiger partial charge in [-0.05, 0) is 24.2 Å². The van der Waals surface area contributed by atoms with Gasteiger partial charge in [0.1, 0.15) is 11.7 Å². The van der Waals surface area contributed by atoms with Crippen LogP contribution in [0.1, 0.15) is 18.8 Å². The predicted molar refractivity (Wildman–Crippen MR) is 66.8 cm³/mol. The Kier molecular flexibility index (Phi) is 2.82. The second-order valence-corrected chi connectivity index (χ2v) is 4.16. The first-order valence-corrected chi connectivity index (χ1v) is 5.90. The van der Waals surface area contributed by atoms with E-state index in [2.05, 4.69) is 30.6 Å². The van der Waals surface area contributed by atoms with Gasteiger partial charge in [-0.3, -0.25) is 0 Å². The van der Waals surface area contributed by atoms with Crippen molar-refractivity contribution in [1.82, 2.24) is 19.7 Å². The van der Waals surface area contributed by atoms with Gasteiger partial charge < -0.3 is 4.57 Å². The number of azo groups is 1. The van der Waals surface area contributed by atoms with E-state index in [0.717, 1.165) is 5.82 Å². The molecule has 8 heteroatoms. The second-order valence-electron chi connectivity index (χ2n) is 4.16. The lowest BCUT2D eigenvalue weighted by molar-refractivity contribution is 0.661. The van der Waals surface area contributed by atoms with Crippen LogP contribution in [0.15, 0.2) is 33.6 Å². The molecule has 1 aliphatic rings. The van der Waals surface area contributed by atoms with E-state index in [1.807, 2.05) is 11.5 Å². The normalized spacial score (nSPS) is 17.8. The topological polar surface area (TPSA) is 97.8 Å². The summed E-state index contributed by atoms with van der Waals surface area (Å²) >= 11 is 0. The zero-order valence-corrected chi connectivity index (χ0v) is 10.3. The van der Waals surface area contributed by atoms with Crippen molar-refractivity contribution in [2.75, 3.05) is 6.54 Å². The van der Waals surface area contributed by atoms with Gasteiger partial charge in [0.25, 0.3) is 0 Å². The van der Waals surface area contributed by atoms with Gasteiger partial charge in [0.05, 0.1) is 6.54 Å². The van der Waals surface area contributed by atoms with Crippen molar-refractivity contribution in [2.45, 2.75) is 19.5 Å². The highest BCUT2D eigenvalue weighted by Gasteiger charge is 2.21. The molecule has 8 nitrogen and oxygen atoms in total. The van der Waals surface area contributed by atoms with Gasteiger partial charge in [-0.1, -0.05) is 6.07 Å². The maximum Gasteiger partial charge on any atom is 0.197 e. The summed E-state index contributed by atoms with van der Waals surface area (Å²) in [7, 11) is 0. The highest BCUT2D eigenvalue weighted by atomic mass is 16.3. The largest absolute Gasteiger partial charge is 0.306 e. The monoisotopic (exact) mass is 257 g/mol. The predicted octanol–water partition coefficient (Wildman–Crippen LogP) is 2.26. The number of aromatic nitrogens is 4.